The van der Waals surface area contributed by atoms with E-state index in [9.17, 15) is 19.1 Å². The Labute approximate surface area is 166 Å². The summed E-state index contributed by atoms with van der Waals surface area (Å²) in [5.41, 5.74) is 0.0964. The zero-order chi connectivity index (χ0) is 20.1. The Bertz CT molecular complexity index is 1120. The van der Waals surface area contributed by atoms with E-state index in [0.29, 0.717) is 5.02 Å². The second-order valence-corrected chi connectivity index (χ2v) is 7.73. The summed E-state index contributed by atoms with van der Waals surface area (Å²) in [5, 5.41) is 11.2. The average molecular weight is 417 g/mol. The summed E-state index contributed by atoms with van der Waals surface area (Å²) < 4.78 is 22.8. The maximum absolute atomic E-state index is 13.5. The van der Waals surface area contributed by atoms with E-state index in [1.807, 2.05) is 0 Å². The van der Waals surface area contributed by atoms with Gasteiger partial charge in [-0.25, -0.2) is 4.21 Å². The topological polar surface area (TPSA) is 98.9 Å². The summed E-state index contributed by atoms with van der Waals surface area (Å²) in [4.78, 5) is 22.9. The molecule has 0 N–H and O–H groups in total. The third-order valence-corrected chi connectivity index (χ3v) is 5.54. The fourth-order valence-electron chi connectivity index (χ4n) is 2.22. The molecule has 7 nitrogen and oxygen atoms in total. The van der Waals surface area contributed by atoms with Gasteiger partial charge in [0.25, 0.3) is 11.6 Å². The van der Waals surface area contributed by atoms with Crippen molar-refractivity contribution in [1.29, 1.82) is 0 Å². The summed E-state index contributed by atoms with van der Waals surface area (Å²) in [6, 6.07) is 19.0. The van der Waals surface area contributed by atoms with Crippen LogP contribution in [0.15, 0.2) is 88.1 Å². The van der Waals surface area contributed by atoms with Gasteiger partial charge < -0.3 is 4.18 Å². The van der Waals surface area contributed by atoms with E-state index in [1.54, 1.807) is 30.3 Å². The van der Waals surface area contributed by atoms with Crippen molar-refractivity contribution in [2.45, 2.75) is 4.90 Å². The van der Waals surface area contributed by atoms with Gasteiger partial charge in [-0.05, 0) is 48.5 Å². The van der Waals surface area contributed by atoms with Crippen LogP contribution in [0.4, 0.5) is 5.69 Å². The zero-order valence-corrected chi connectivity index (χ0v) is 15.8. The number of nitro benzene ring substituents is 1. The van der Waals surface area contributed by atoms with E-state index in [1.165, 1.54) is 48.5 Å². The van der Waals surface area contributed by atoms with Gasteiger partial charge in [-0.15, -0.1) is 4.36 Å². The Morgan fingerprint density at radius 2 is 1.57 bits per heavy atom. The SMILES string of the molecule is O=C(N=S(=O)(Oc1ccc([N+](=O)[O-])cc1)c1ccc(Cl)cc1)c1ccccc1. The van der Waals surface area contributed by atoms with Gasteiger partial charge in [-0.1, -0.05) is 29.8 Å². The number of rotatable bonds is 5. The van der Waals surface area contributed by atoms with E-state index in [0.717, 1.165) is 0 Å². The predicted octanol–water partition coefficient (Wildman–Crippen LogP) is 4.91. The van der Waals surface area contributed by atoms with E-state index in [2.05, 4.69) is 4.36 Å². The van der Waals surface area contributed by atoms with Gasteiger partial charge in [0.1, 0.15) is 5.75 Å². The molecule has 3 rings (SSSR count). The molecule has 0 radical (unpaired) electrons. The highest BCUT2D eigenvalue weighted by atomic mass is 35.5. The van der Waals surface area contributed by atoms with Gasteiger partial charge in [0.05, 0.1) is 9.82 Å². The molecule has 0 bridgehead atoms. The smallest absolute Gasteiger partial charge is 0.287 e. The maximum atomic E-state index is 13.5. The Hall–Kier alpha value is -3.23. The fourth-order valence-corrected chi connectivity index (χ4v) is 3.76. The number of non-ortho nitro benzene ring substituents is 1. The van der Waals surface area contributed by atoms with Crippen molar-refractivity contribution in [2.24, 2.45) is 4.36 Å². The van der Waals surface area contributed by atoms with Gasteiger partial charge >= 0.3 is 0 Å². The molecule has 0 aromatic heterocycles. The summed E-state index contributed by atoms with van der Waals surface area (Å²) in [7, 11) is -3.67. The number of carbonyl (C=O) groups is 1. The van der Waals surface area contributed by atoms with Crippen molar-refractivity contribution >= 4 is 33.2 Å². The molecule has 28 heavy (non-hydrogen) atoms. The minimum Gasteiger partial charge on any atom is -0.392 e. The first-order chi connectivity index (χ1) is 13.4. The monoisotopic (exact) mass is 416 g/mol. The first kappa shape index (κ1) is 19.5. The summed E-state index contributed by atoms with van der Waals surface area (Å²) >= 11 is 5.88. The minimum absolute atomic E-state index is 0.0650. The number of nitrogens with zero attached hydrogens (tertiary/aromatic N) is 2. The van der Waals surface area contributed by atoms with Crippen LogP contribution in [0.25, 0.3) is 0 Å². The molecule has 1 amide bonds. The van der Waals surface area contributed by atoms with Gasteiger partial charge in [0, 0.05) is 22.7 Å². The Kier molecular flexibility index (Phi) is 5.72. The Morgan fingerprint density at radius 1 is 0.964 bits per heavy atom. The molecule has 0 aliphatic rings. The fraction of sp³-hybridized carbons (Fsp3) is 0. The van der Waals surface area contributed by atoms with E-state index < -0.39 is 20.8 Å². The van der Waals surface area contributed by atoms with Crippen molar-refractivity contribution in [3.63, 3.8) is 0 Å². The van der Waals surface area contributed by atoms with Gasteiger partial charge in [-0.3, -0.25) is 14.9 Å². The number of hydrogen-bond donors (Lipinski definition) is 0. The molecule has 0 spiro atoms. The number of hydrogen-bond acceptors (Lipinski definition) is 5. The summed E-state index contributed by atoms with van der Waals surface area (Å²) in [5.74, 6) is -0.655. The number of amides is 1. The van der Waals surface area contributed by atoms with E-state index in [-0.39, 0.29) is 21.9 Å². The number of nitro groups is 1. The van der Waals surface area contributed by atoms with Crippen molar-refractivity contribution in [2.75, 3.05) is 0 Å². The largest absolute Gasteiger partial charge is 0.392 e. The van der Waals surface area contributed by atoms with Gasteiger partial charge in [-0.2, -0.15) is 0 Å². The lowest BCUT2D eigenvalue weighted by Gasteiger charge is -2.12. The molecule has 1 atom stereocenters. The van der Waals surface area contributed by atoms with Crippen LogP contribution in [0.3, 0.4) is 0 Å². The van der Waals surface area contributed by atoms with Gasteiger partial charge in [0.2, 0.25) is 10.0 Å². The van der Waals surface area contributed by atoms with E-state index in [4.69, 9.17) is 15.8 Å². The van der Waals surface area contributed by atoms with Crippen LogP contribution in [0.5, 0.6) is 5.75 Å². The first-order valence-electron chi connectivity index (χ1n) is 7.93. The number of halogens is 1. The quantitative estimate of drug-likeness (QED) is 0.434. The van der Waals surface area contributed by atoms with Crippen LogP contribution in [0.1, 0.15) is 10.4 Å². The van der Waals surface area contributed by atoms with Crippen LogP contribution in [0, 0.1) is 10.1 Å². The molecule has 0 saturated heterocycles. The lowest BCUT2D eigenvalue weighted by molar-refractivity contribution is -0.384. The molecule has 0 aliphatic heterocycles. The Morgan fingerprint density at radius 3 is 2.14 bits per heavy atom. The predicted molar refractivity (Wildman–Crippen MR) is 105 cm³/mol. The molecular formula is C19H13ClN2O5S. The first-order valence-corrected chi connectivity index (χ1v) is 9.75. The summed E-state index contributed by atoms with van der Waals surface area (Å²) in [6.45, 7) is 0. The zero-order valence-electron chi connectivity index (χ0n) is 14.2. The van der Waals surface area contributed by atoms with Crippen molar-refractivity contribution in [3.05, 3.63) is 99.6 Å². The Balaban J connectivity index is 2.05. The van der Waals surface area contributed by atoms with E-state index >= 15 is 0 Å². The van der Waals surface area contributed by atoms with Crippen molar-refractivity contribution in [1.82, 2.24) is 0 Å². The molecule has 0 saturated carbocycles. The lowest BCUT2D eigenvalue weighted by Crippen LogP contribution is -2.13. The van der Waals surface area contributed by atoms with Crippen LogP contribution >= 0.6 is 11.6 Å². The van der Waals surface area contributed by atoms with Crippen molar-refractivity contribution < 1.29 is 18.1 Å². The average Bonchev–Trinajstić information content (AvgIpc) is 2.69. The number of carbonyl (C=O) groups excluding carboxylic acids is 1. The molecule has 0 fully saturated rings. The second-order valence-electron chi connectivity index (χ2n) is 5.53. The third-order valence-electron chi connectivity index (χ3n) is 3.59. The molecule has 9 heteroatoms. The normalized spacial score (nSPS) is 12.6. The van der Waals surface area contributed by atoms with Crippen LogP contribution < -0.4 is 4.18 Å². The molecule has 3 aromatic rings. The van der Waals surface area contributed by atoms with Gasteiger partial charge in [0.15, 0.2) is 0 Å². The number of benzene rings is 3. The highest BCUT2D eigenvalue weighted by molar-refractivity contribution is 7.89. The van der Waals surface area contributed by atoms with Crippen LogP contribution in [0.2, 0.25) is 5.02 Å². The summed E-state index contributed by atoms with van der Waals surface area (Å²) in [6.07, 6.45) is 0. The molecule has 1 unspecified atom stereocenters. The standard InChI is InChI=1S/C19H13ClN2O5S/c20-15-6-12-18(13-7-15)28(26,21-19(23)14-4-2-1-3-5-14)27-17-10-8-16(9-11-17)22(24)25/h1-13H. The lowest BCUT2D eigenvalue weighted by atomic mass is 10.2. The maximum Gasteiger partial charge on any atom is 0.287 e. The molecule has 0 heterocycles. The van der Waals surface area contributed by atoms with Crippen molar-refractivity contribution in [3.8, 4) is 5.75 Å². The molecule has 3 aromatic carbocycles. The van der Waals surface area contributed by atoms with Crippen LogP contribution in [-0.4, -0.2) is 15.0 Å². The molecule has 0 aliphatic carbocycles. The third kappa shape index (κ3) is 4.54. The highest BCUT2D eigenvalue weighted by Crippen LogP contribution is 2.25. The minimum atomic E-state index is -3.67. The molecular weight excluding hydrogens is 404 g/mol. The second kappa shape index (κ2) is 8.20. The highest BCUT2D eigenvalue weighted by Gasteiger charge is 2.19. The van der Waals surface area contributed by atoms with Crippen LogP contribution in [-0.2, 0) is 10.0 Å². The molecule has 142 valence electrons.